The lowest BCUT2D eigenvalue weighted by molar-refractivity contribution is 0.00578. The molecule has 5 saturated heterocycles. The summed E-state index contributed by atoms with van der Waals surface area (Å²) in [6.45, 7) is 30.7. The largest absolute Gasteiger partial charge is 0.507 e. The Kier molecular flexibility index (Phi) is 34.6. The van der Waals surface area contributed by atoms with E-state index in [0.29, 0.717) is 148 Å². The summed E-state index contributed by atoms with van der Waals surface area (Å²) in [5.41, 5.74) is 7.79. The van der Waals surface area contributed by atoms with E-state index in [1.54, 1.807) is 114 Å². The maximum Gasteiger partial charge on any atom is 0.494 e. The molecule has 5 aliphatic heterocycles. The Labute approximate surface area is 831 Å². The van der Waals surface area contributed by atoms with Crippen LogP contribution in [-0.4, -0.2) is 324 Å². The monoisotopic (exact) mass is 1970 g/mol. The number of ether oxygens (including phenoxy) is 9. The number of phenolic OH excluding ortho intramolecular Hbond substituents is 1. The molecule has 4 N–H and O–H groups in total. The van der Waals surface area contributed by atoms with Gasteiger partial charge in [-0.2, -0.15) is 0 Å². The summed E-state index contributed by atoms with van der Waals surface area (Å²) in [6.07, 6.45) is 13.4. The summed E-state index contributed by atoms with van der Waals surface area (Å²) in [4.78, 5) is 93.7. The maximum atomic E-state index is 12.5. The lowest BCUT2D eigenvalue weighted by Crippen LogP contribution is -2.42. The fourth-order valence-corrected chi connectivity index (χ4v) is 15.7. The van der Waals surface area contributed by atoms with E-state index >= 15 is 0 Å². The van der Waals surface area contributed by atoms with Gasteiger partial charge in [-0.15, -0.1) is 40.8 Å². The molecule has 3 amide bonds. The number of anilines is 6. The van der Waals surface area contributed by atoms with Gasteiger partial charge in [0.05, 0.1) is 71.2 Å². The number of aromatic hydroxyl groups is 1. The van der Waals surface area contributed by atoms with Gasteiger partial charge in [-0.25, -0.2) is 64.2 Å². The number of methoxy groups -OCH3 is 3. The molecule has 5 aliphatic rings. The summed E-state index contributed by atoms with van der Waals surface area (Å²) in [5, 5.41) is 55.0. The van der Waals surface area contributed by atoms with Crippen molar-refractivity contribution in [1.29, 1.82) is 0 Å². The van der Waals surface area contributed by atoms with Crippen LogP contribution in [0.4, 0.5) is 49.8 Å². The van der Waals surface area contributed by atoms with Crippen molar-refractivity contribution in [3.05, 3.63) is 140 Å². The van der Waals surface area contributed by atoms with E-state index in [9.17, 15) is 19.5 Å². The molecule has 5 fully saturated rings. The molecule has 0 spiro atoms. The SMILES string of the molecule is CNc1cc(-c2ccc(-c3cnc(N4CCC(N(C)C(=O)OC(C)(C)C)C4)nn3)c(OCOC)c2)ncn1.CNc1cc(-c2ccc(-c3cnc(N4CCC(NC)C4)nn3)c(O)c2)ncn1.COCOc1cc(-c2cc(Cl)ncn2)ccc1-c1cnc(N2CCC(N(C)C(=O)OC(C)(C)C)C2)nn1.COCOc1cc(B2OC(C)(C)C(C)(C)O2)ccc1-c1cnc(N2CCC(N(C)C(=O)OC(C)(C)C)C2)nn1. The average molecular weight is 1970 g/mol. The highest BCUT2D eigenvalue weighted by atomic mass is 35.5. The van der Waals surface area contributed by atoms with Crippen molar-refractivity contribution < 1.29 is 71.4 Å². The molecule has 0 aliphatic carbocycles. The molecular weight excluding hydrogens is 1840 g/mol. The average Bonchev–Trinajstić information content (AvgIpc) is 1.61. The quantitative estimate of drug-likeness (QED) is 0.0161. The van der Waals surface area contributed by atoms with Crippen molar-refractivity contribution in [3.63, 3.8) is 0 Å². The van der Waals surface area contributed by atoms with Crippen molar-refractivity contribution in [2.45, 2.75) is 168 Å². The zero-order chi connectivity index (χ0) is 102. The molecule has 0 bridgehead atoms. The fraction of sp³-hybridized carbons (Fsp3) is 0.474. The van der Waals surface area contributed by atoms with Crippen LogP contribution in [0.1, 0.15) is 116 Å². The van der Waals surface area contributed by atoms with Gasteiger partial charge in [0.25, 0.3) is 0 Å². The van der Waals surface area contributed by atoms with E-state index in [4.69, 9.17) is 63.5 Å². The van der Waals surface area contributed by atoms with Crippen LogP contribution in [0.15, 0.2) is 135 Å². The standard InChI is InChI=1S/C27H40BN5O6.C26H34N8O4.C25H30ClN7O4.C19H22N8O/c1-25(2,3)37-24(34)32(8)19-12-13-33(16-19)23-29-15-21(30-31-23)20-11-10-18(14-22(20)36-17-35-9)28-38-26(4,5)27(6,7)39-28;1-26(2,3)38-25(35)33(5)18-9-10-34(14-18)24-28-13-21(31-32-24)19-8-7-17(11-22(19)37-16-36-6)20-12-23(27-4)30-15-29-20;1-25(2,3)37-24(34)32(4)17-8-9-33(13-17)23-27-12-20(30-31-23)18-7-6-16(10-21(18)36-15-35-5)19-11-22(26)29-14-28-19;1-20-13-5-6-27(10-13)19-22-9-16(25-26-19)14-4-3-12(7-17(14)28)15-8-18(21-2)24-11-23-15/h10-11,14-15,19H,12-13,16-17H2,1-9H3;7-8,11-13,15,18H,9-10,14,16H2,1-6H3,(H,27,29,30);6-7,10-12,14,17H,8-9,13,15H2,1-5H3;3-4,7-9,11,13,20,28H,5-6,10H2,1-2H3,(H,21,23,24). The number of hydrogen-bond donors (Lipinski definition) is 4. The number of hydrogen-bond acceptors (Lipinski definition) is 40. The number of carbonyl (C=O) groups excluding carboxylic acids is 3. The third kappa shape index (κ3) is 27.4. The number of amides is 3. The number of aromatic nitrogens is 18. The number of carbonyl (C=O) groups is 3. The summed E-state index contributed by atoms with van der Waals surface area (Å²) >= 11 is 6.02. The molecule has 4 atom stereocenters. The second kappa shape index (κ2) is 46.7. The third-order valence-electron chi connectivity index (χ3n) is 24.1. The molecule has 142 heavy (non-hydrogen) atoms. The first kappa shape index (κ1) is 105. The first-order valence-corrected chi connectivity index (χ1v) is 46.9. The summed E-state index contributed by atoms with van der Waals surface area (Å²) in [6, 6.07) is 28.1. The van der Waals surface area contributed by atoms with Crippen molar-refractivity contribution in [2.75, 3.05) is 167 Å². The van der Waals surface area contributed by atoms with Crippen LogP contribution in [0.2, 0.25) is 5.15 Å². The lowest BCUT2D eigenvalue weighted by Gasteiger charge is -2.32. The normalized spacial score (nSPS) is 16.9. The Bertz CT molecular complexity index is 6060. The van der Waals surface area contributed by atoms with Crippen LogP contribution in [0.5, 0.6) is 23.0 Å². The minimum absolute atomic E-state index is 0.0000578. The van der Waals surface area contributed by atoms with Gasteiger partial charge < -0.3 is 107 Å². The second-order valence-electron chi connectivity index (χ2n) is 38.2. The van der Waals surface area contributed by atoms with E-state index in [-0.39, 0.29) is 62.5 Å². The summed E-state index contributed by atoms with van der Waals surface area (Å²) < 4.78 is 61.8. The van der Waals surface area contributed by atoms with Gasteiger partial charge in [-0.05, 0) is 177 Å². The van der Waals surface area contributed by atoms with Gasteiger partial charge >= 0.3 is 25.4 Å². The zero-order valence-electron chi connectivity index (χ0n) is 84.4. The number of phenols is 1. The Morgan fingerprint density at radius 2 is 0.754 bits per heavy atom. The number of nitrogens with one attached hydrogen (secondary N) is 3. The molecule has 45 heteroatoms. The van der Waals surface area contributed by atoms with Crippen molar-refractivity contribution in [3.8, 4) is 102 Å². The first-order chi connectivity index (χ1) is 67.7. The predicted octanol–water partition coefficient (Wildman–Crippen LogP) is 12.3. The van der Waals surface area contributed by atoms with Crippen LogP contribution in [0.3, 0.4) is 0 Å². The minimum atomic E-state index is -0.543. The topological polar surface area (TPSA) is 464 Å². The van der Waals surface area contributed by atoms with E-state index in [1.165, 1.54) is 19.0 Å². The Hall–Kier alpha value is -13.9. The number of halogens is 1. The van der Waals surface area contributed by atoms with Crippen molar-refractivity contribution >= 4 is 77.9 Å². The molecule has 43 nitrogen and oxygen atoms in total. The summed E-state index contributed by atoms with van der Waals surface area (Å²) in [7, 11) is 15.0. The Morgan fingerprint density at radius 3 is 1.08 bits per heavy atom. The summed E-state index contributed by atoms with van der Waals surface area (Å²) in [5.74, 6) is 5.31. The minimum Gasteiger partial charge on any atom is -0.507 e. The number of rotatable bonds is 27. The van der Waals surface area contributed by atoms with Crippen molar-refractivity contribution in [2.24, 2.45) is 0 Å². The molecule has 4 unspecified atom stereocenters. The van der Waals surface area contributed by atoms with Gasteiger partial charge in [-0.3, -0.25) is 0 Å². The molecule has 0 radical (unpaired) electrons. The van der Waals surface area contributed by atoms with Crippen LogP contribution in [0, 0.1) is 0 Å². The predicted molar refractivity (Wildman–Crippen MR) is 537 cm³/mol. The molecule has 0 saturated carbocycles. The Morgan fingerprint density at radius 1 is 0.423 bits per heavy atom. The van der Waals surface area contributed by atoms with E-state index in [2.05, 4.69) is 111 Å². The molecule has 16 rings (SSSR count). The lowest BCUT2D eigenvalue weighted by atomic mass is 9.78. The van der Waals surface area contributed by atoms with Gasteiger partial charge in [-0.1, -0.05) is 35.9 Å². The highest BCUT2D eigenvalue weighted by molar-refractivity contribution is 6.62. The number of likely N-dealkylation sites (N-methyl/N-ethyl adjacent to an activating group) is 4. The van der Waals surface area contributed by atoms with E-state index in [0.717, 1.165) is 77.7 Å². The van der Waals surface area contributed by atoms with Gasteiger partial charge in [0.2, 0.25) is 23.8 Å². The molecule has 754 valence electrons. The van der Waals surface area contributed by atoms with Gasteiger partial charge in [0, 0.05) is 172 Å². The van der Waals surface area contributed by atoms with Crippen LogP contribution >= 0.6 is 11.6 Å². The Balaban J connectivity index is 0.000000160. The second-order valence-corrected chi connectivity index (χ2v) is 38.6. The highest BCUT2D eigenvalue weighted by Crippen LogP contribution is 2.41. The van der Waals surface area contributed by atoms with Crippen LogP contribution in [-0.2, 0) is 37.7 Å². The highest BCUT2D eigenvalue weighted by Gasteiger charge is 2.52. The zero-order valence-corrected chi connectivity index (χ0v) is 85.2. The maximum absolute atomic E-state index is 12.5. The number of benzene rings is 4. The van der Waals surface area contributed by atoms with Crippen LogP contribution in [0.25, 0.3) is 78.8 Å². The fourth-order valence-electron chi connectivity index (χ4n) is 15.6. The number of nitrogens with zero attached hydrogens (tertiary/aromatic N) is 25. The molecule has 12 heterocycles. The van der Waals surface area contributed by atoms with Crippen LogP contribution < -0.4 is 55.2 Å². The van der Waals surface area contributed by atoms with Gasteiger partial charge in [0.15, 0.2) is 20.4 Å². The third-order valence-corrected chi connectivity index (χ3v) is 24.3. The molecular formula is C97H126BClN28O15. The van der Waals surface area contributed by atoms with Gasteiger partial charge in [0.1, 0.15) is 98.3 Å². The van der Waals surface area contributed by atoms with E-state index < -0.39 is 35.1 Å². The smallest absolute Gasteiger partial charge is 0.494 e. The molecule has 7 aromatic heterocycles. The van der Waals surface area contributed by atoms with E-state index in [1.807, 2.05) is 185 Å². The van der Waals surface area contributed by atoms with Crippen molar-refractivity contribution in [1.82, 2.24) is 111 Å². The molecule has 4 aromatic carbocycles. The first-order valence-electron chi connectivity index (χ1n) is 46.5. The molecule has 11 aromatic rings.